The van der Waals surface area contributed by atoms with E-state index in [1.165, 1.54) is 12.0 Å². The zero-order valence-corrected chi connectivity index (χ0v) is 15.7. The van der Waals surface area contributed by atoms with Crippen LogP contribution in [0.5, 0.6) is 0 Å². The number of hydrogen-bond donors (Lipinski definition) is 0. The summed E-state index contributed by atoms with van der Waals surface area (Å²) in [6.45, 7) is 5.62. The average Bonchev–Trinajstić information content (AvgIpc) is 3.17. The van der Waals surface area contributed by atoms with Crippen molar-refractivity contribution in [2.24, 2.45) is 10.9 Å². The van der Waals surface area contributed by atoms with Crippen LogP contribution in [0.15, 0.2) is 46.4 Å². The molecule has 26 heavy (non-hydrogen) atoms. The fraction of sp³-hybridized carbons (Fsp3) is 0.500. The maximum atomic E-state index is 13.3. The van der Waals surface area contributed by atoms with Crippen molar-refractivity contribution in [1.82, 2.24) is 14.7 Å². The second kappa shape index (κ2) is 6.74. The van der Waals surface area contributed by atoms with E-state index in [9.17, 15) is 4.79 Å². The Morgan fingerprint density at radius 2 is 2.04 bits per heavy atom. The highest BCUT2D eigenvalue weighted by atomic mass is 32.2. The van der Waals surface area contributed by atoms with E-state index in [0.717, 1.165) is 56.6 Å². The number of piperidine rings is 1. The molecule has 0 aliphatic carbocycles. The first kappa shape index (κ1) is 16.4. The summed E-state index contributed by atoms with van der Waals surface area (Å²) in [7, 11) is 0. The highest BCUT2D eigenvalue weighted by molar-refractivity contribution is 8.16. The summed E-state index contributed by atoms with van der Waals surface area (Å²) in [6, 6.07) is 11.0. The number of nitrogens with zero attached hydrogens (tertiary/aromatic N) is 4. The number of rotatable bonds is 3. The third-order valence-electron chi connectivity index (χ3n) is 5.89. The highest BCUT2D eigenvalue weighted by Crippen LogP contribution is 2.34. The number of carbonyl (C=O) groups is 1. The van der Waals surface area contributed by atoms with Gasteiger partial charge in [-0.2, -0.15) is 0 Å². The van der Waals surface area contributed by atoms with Crippen LogP contribution in [0.25, 0.3) is 0 Å². The van der Waals surface area contributed by atoms with Crippen LogP contribution in [0, 0.1) is 5.92 Å². The first-order valence-corrected chi connectivity index (χ1v) is 10.4. The molecule has 0 aromatic heterocycles. The van der Waals surface area contributed by atoms with Gasteiger partial charge in [0.1, 0.15) is 5.70 Å². The van der Waals surface area contributed by atoms with Gasteiger partial charge in [0.05, 0.1) is 6.54 Å². The van der Waals surface area contributed by atoms with Gasteiger partial charge in [-0.25, -0.2) is 0 Å². The predicted octanol–water partition coefficient (Wildman–Crippen LogP) is 2.37. The molecule has 5 heterocycles. The quantitative estimate of drug-likeness (QED) is 0.821. The summed E-state index contributed by atoms with van der Waals surface area (Å²) in [4.78, 5) is 24.6. The van der Waals surface area contributed by atoms with Gasteiger partial charge in [0.2, 0.25) is 0 Å². The molecule has 5 aliphatic rings. The molecule has 0 saturated carbocycles. The molecule has 1 aromatic carbocycles. The molecule has 1 amide bonds. The molecule has 0 N–H and O–H groups in total. The normalized spacial score (nSPS) is 28.0. The predicted molar refractivity (Wildman–Crippen MR) is 105 cm³/mol. The van der Waals surface area contributed by atoms with Crippen LogP contribution in [0.4, 0.5) is 0 Å². The lowest BCUT2D eigenvalue weighted by molar-refractivity contribution is -0.132. The number of amides is 1. The third-order valence-corrected chi connectivity index (χ3v) is 6.79. The highest BCUT2D eigenvalue weighted by Gasteiger charge is 2.41. The Morgan fingerprint density at radius 3 is 2.92 bits per heavy atom. The Labute approximate surface area is 158 Å². The number of fused-ring (bicyclic) bond motifs is 5. The fourth-order valence-electron chi connectivity index (χ4n) is 4.63. The zero-order chi connectivity index (χ0) is 17.5. The Bertz CT molecular complexity index is 762. The van der Waals surface area contributed by atoms with Gasteiger partial charge in [-0.3, -0.25) is 14.7 Å². The number of thioether (sulfide) groups is 1. The summed E-state index contributed by atoms with van der Waals surface area (Å²) in [5.41, 5.74) is 2.20. The van der Waals surface area contributed by atoms with Gasteiger partial charge in [-0.1, -0.05) is 42.1 Å². The SMILES string of the molecule is O=C(C1=CSC2=NCCN12)N1C[C@H]2CC[C@@H]1CN(Cc1ccccc1)C2. The molecular formula is C20H24N4OS. The van der Waals surface area contributed by atoms with Crippen molar-refractivity contribution in [2.45, 2.75) is 25.4 Å². The Hall–Kier alpha value is -1.79. The Morgan fingerprint density at radius 1 is 1.15 bits per heavy atom. The summed E-state index contributed by atoms with van der Waals surface area (Å²) >= 11 is 1.60. The van der Waals surface area contributed by atoms with E-state index in [0.29, 0.717) is 12.0 Å². The Balaban J connectivity index is 1.31. The maximum absolute atomic E-state index is 13.3. The molecule has 5 aliphatic heterocycles. The number of hydrogen-bond acceptors (Lipinski definition) is 5. The number of amidine groups is 1. The van der Waals surface area contributed by atoms with Crippen LogP contribution >= 0.6 is 11.8 Å². The lowest BCUT2D eigenvalue weighted by Crippen LogP contribution is -2.49. The van der Waals surface area contributed by atoms with Crippen LogP contribution in [-0.4, -0.2) is 64.5 Å². The molecule has 0 unspecified atom stereocenters. The van der Waals surface area contributed by atoms with Gasteiger partial charge >= 0.3 is 0 Å². The fourth-order valence-corrected chi connectivity index (χ4v) is 5.56. The van der Waals surface area contributed by atoms with Gasteiger partial charge in [0.25, 0.3) is 5.91 Å². The van der Waals surface area contributed by atoms with Crippen LogP contribution in [0.2, 0.25) is 0 Å². The minimum atomic E-state index is 0.209. The molecule has 1 aromatic rings. The molecule has 6 heteroatoms. The molecular weight excluding hydrogens is 344 g/mol. The summed E-state index contributed by atoms with van der Waals surface area (Å²) in [5.74, 6) is 0.795. The monoisotopic (exact) mass is 368 g/mol. The molecule has 0 radical (unpaired) electrons. The van der Waals surface area contributed by atoms with E-state index in [4.69, 9.17) is 0 Å². The van der Waals surface area contributed by atoms with E-state index >= 15 is 0 Å². The average molecular weight is 369 g/mol. The lowest BCUT2D eigenvalue weighted by atomic mass is 9.94. The minimum Gasteiger partial charge on any atom is -0.333 e. The zero-order valence-electron chi connectivity index (χ0n) is 14.9. The standard InChI is InChI=1S/C20H24N4OS/c25-19(18-14-26-20-21-8-9-23(18)20)24-12-16-6-7-17(24)13-22(11-16)10-15-4-2-1-3-5-15/h1-5,14,16-17H,6-13H2/t16-,17+/m0/s1. The van der Waals surface area contributed by atoms with Crippen molar-refractivity contribution in [3.05, 3.63) is 47.0 Å². The van der Waals surface area contributed by atoms with Crippen molar-refractivity contribution >= 4 is 22.8 Å². The van der Waals surface area contributed by atoms with Crippen LogP contribution in [0.3, 0.4) is 0 Å². The third kappa shape index (κ3) is 2.95. The lowest BCUT2D eigenvalue weighted by Gasteiger charge is -2.37. The largest absolute Gasteiger partial charge is 0.333 e. The summed E-state index contributed by atoms with van der Waals surface area (Å²) < 4.78 is 0. The van der Waals surface area contributed by atoms with E-state index in [1.807, 2.05) is 5.41 Å². The molecule has 3 saturated heterocycles. The second-order valence-corrected chi connectivity index (χ2v) is 8.51. The van der Waals surface area contributed by atoms with Crippen LogP contribution < -0.4 is 0 Å². The van der Waals surface area contributed by atoms with E-state index in [2.05, 4.69) is 50.0 Å². The first-order valence-electron chi connectivity index (χ1n) is 9.54. The van der Waals surface area contributed by atoms with Gasteiger partial charge in [0.15, 0.2) is 5.17 Å². The van der Waals surface area contributed by atoms with E-state index in [1.54, 1.807) is 11.8 Å². The first-order chi connectivity index (χ1) is 12.8. The van der Waals surface area contributed by atoms with Crippen molar-refractivity contribution in [3.8, 4) is 0 Å². The minimum absolute atomic E-state index is 0.209. The van der Waals surface area contributed by atoms with Crippen molar-refractivity contribution in [1.29, 1.82) is 0 Å². The molecule has 0 spiro atoms. The number of aliphatic imine (C=N–C) groups is 1. The molecule has 6 rings (SSSR count). The summed E-state index contributed by atoms with van der Waals surface area (Å²) in [6.07, 6.45) is 2.37. The van der Waals surface area contributed by atoms with Crippen LogP contribution in [-0.2, 0) is 11.3 Å². The van der Waals surface area contributed by atoms with Gasteiger partial charge in [-0.15, -0.1) is 0 Å². The molecule has 2 bridgehead atoms. The molecule has 3 fully saturated rings. The van der Waals surface area contributed by atoms with Gasteiger partial charge < -0.3 is 9.80 Å². The van der Waals surface area contributed by atoms with Crippen molar-refractivity contribution < 1.29 is 4.79 Å². The number of carbonyl (C=O) groups excluding carboxylic acids is 1. The van der Waals surface area contributed by atoms with Crippen molar-refractivity contribution in [3.63, 3.8) is 0 Å². The Kier molecular flexibility index (Phi) is 4.25. The van der Waals surface area contributed by atoms with Gasteiger partial charge in [0, 0.05) is 44.2 Å². The molecule has 136 valence electrons. The van der Waals surface area contributed by atoms with E-state index < -0.39 is 0 Å². The second-order valence-electron chi connectivity index (χ2n) is 7.67. The topological polar surface area (TPSA) is 39.2 Å². The van der Waals surface area contributed by atoms with E-state index in [-0.39, 0.29) is 5.91 Å². The van der Waals surface area contributed by atoms with Crippen LogP contribution in [0.1, 0.15) is 18.4 Å². The number of benzene rings is 1. The van der Waals surface area contributed by atoms with Gasteiger partial charge in [-0.05, 0) is 24.3 Å². The molecule has 2 atom stereocenters. The maximum Gasteiger partial charge on any atom is 0.271 e. The smallest absolute Gasteiger partial charge is 0.271 e. The van der Waals surface area contributed by atoms with Crippen molar-refractivity contribution in [2.75, 3.05) is 32.7 Å². The molecule has 5 nitrogen and oxygen atoms in total. The summed E-state index contributed by atoms with van der Waals surface area (Å²) in [5, 5.41) is 3.00.